The van der Waals surface area contributed by atoms with Crippen molar-refractivity contribution in [1.82, 2.24) is 20.2 Å². The maximum Gasteiger partial charge on any atom is 0.243 e. The van der Waals surface area contributed by atoms with Crippen molar-refractivity contribution in [3.05, 3.63) is 100 Å². The highest BCUT2D eigenvalue weighted by Gasteiger charge is 2.51. The Morgan fingerprint density at radius 1 is 0.951 bits per heavy atom. The number of hydrogen-bond acceptors (Lipinski definition) is 5. The normalized spacial score (nSPS) is 24.6. The van der Waals surface area contributed by atoms with Crippen LogP contribution in [0.3, 0.4) is 0 Å². The van der Waals surface area contributed by atoms with Crippen LogP contribution in [0.1, 0.15) is 48.6 Å². The van der Waals surface area contributed by atoms with E-state index in [0.29, 0.717) is 30.8 Å². The summed E-state index contributed by atoms with van der Waals surface area (Å²) in [4.78, 5) is 37.6. The molecule has 4 aromatic rings. The molecule has 9 heteroatoms. The van der Waals surface area contributed by atoms with Crippen LogP contribution in [0.2, 0.25) is 0 Å². The van der Waals surface area contributed by atoms with Crippen molar-refractivity contribution in [1.29, 1.82) is 0 Å². The maximum absolute atomic E-state index is 14.3. The topological polar surface area (TPSA) is 87.2 Å². The predicted octanol–water partition coefficient (Wildman–Crippen LogP) is 4.52. The fourth-order valence-corrected chi connectivity index (χ4v) is 6.71. The lowest BCUT2D eigenvalue weighted by molar-refractivity contribution is -0.150. The summed E-state index contributed by atoms with van der Waals surface area (Å²) in [6.07, 6.45) is 4.58. The van der Waals surface area contributed by atoms with Crippen LogP contribution in [0.15, 0.2) is 60.9 Å². The molecule has 41 heavy (non-hydrogen) atoms. The van der Waals surface area contributed by atoms with E-state index in [1.54, 1.807) is 31.1 Å². The summed E-state index contributed by atoms with van der Waals surface area (Å²) in [7, 11) is 0. The zero-order valence-electron chi connectivity index (χ0n) is 23.0. The monoisotopic (exact) mass is 553 g/mol. The molecule has 7 nitrogen and oxygen atoms in total. The number of amides is 2. The zero-order chi connectivity index (χ0) is 28.7. The lowest BCUT2D eigenvalue weighted by Gasteiger charge is -2.51. The molecule has 2 aromatic carbocycles. The fraction of sp³-hybridized carbons (Fsp3) is 0.312. The van der Waals surface area contributed by atoms with Crippen LogP contribution in [0.25, 0.3) is 10.9 Å². The van der Waals surface area contributed by atoms with E-state index in [4.69, 9.17) is 4.98 Å². The Balaban J connectivity index is 1.25. The number of carbonyl (C=O) groups is 2. The molecule has 1 aliphatic carbocycles. The number of piperazine rings is 1. The standard InChI is InChI=1S/C32H29F2N5O2/c1-30(2)29(41)39(31(3,17-37-30)22-10-23(33)12-24(34)11-22)16-18-7-19-8-20-13-32(14-21(20)9-26(19)36-15-18)25-5-4-6-35-27(25)38-28(32)40/h4-12,15,37H,13-14,16-17H2,1-3H3,(H,35,38,40)/t31?,32-/m0/s1. The molecule has 4 heterocycles. The van der Waals surface area contributed by atoms with E-state index in [2.05, 4.69) is 21.7 Å². The number of aromatic nitrogens is 2. The molecule has 0 bridgehead atoms. The zero-order valence-corrected chi connectivity index (χ0v) is 23.0. The quantitative estimate of drug-likeness (QED) is 0.390. The third kappa shape index (κ3) is 3.86. The number of anilines is 1. The van der Waals surface area contributed by atoms with Gasteiger partial charge in [-0.15, -0.1) is 0 Å². The van der Waals surface area contributed by atoms with Gasteiger partial charge in [-0.1, -0.05) is 6.07 Å². The van der Waals surface area contributed by atoms with Gasteiger partial charge in [0.05, 0.1) is 22.0 Å². The second-order valence-electron chi connectivity index (χ2n) is 12.2. The Labute approximate surface area is 236 Å². The number of rotatable bonds is 3. The molecule has 2 aliphatic heterocycles. The van der Waals surface area contributed by atoms with E-state index >= 15 is 0 Å². The van der Waals surface area contributed by atoms with Crippen molar-refractivity contribution in [3.63, 3.8) is 0 Å². The first-order valence-electron chi connectivity index (χ1n) is 13.7. The molecule has 2 amide bonds. The van der Waals surface area contributed by atoms with Crippen molar-refractivity contribution < 1.29 is 18.4 Å². The van der Waals surface area contributed by atoms with Gasteiger partial charge in [-0.3, -0.25) is 14.6 Å². The van der Waals surface area contributed by atoms with Gasteiger partial charge in [0.2, 0.25) is 11.8 Å². The predicted molar refractivity (Wildman–Crippen MR) is 150 cm³/mol. The first kappa shape index (κ1) is 25.7. The van der Waals surface area contributed by atoms with Crippen molar-refractivity contribution in [2.75, 3.05) is 11.9 Å². The van der Waals surface area contributed by atoms with Crippen LogP contribution < -0.4 is 10.6 Å². The highest BCUT2D eigenvalue weighted by molar-refractivity contribution is 6.06. The SMILES string of the molecule is CC1(C)NCC(C)(c2cc(F)cc(F)c2)N(Cc2cnc3cc4c(cc3c2)C[C@@]2(C4)C(=O)Nc3ncccc32)C1=O. The molecule has 2 atom stereocenters. The van der Waals surface area contributed by atoms with Gasteiger partial charge in [0, 0.05) is 42.5 Å². The van der Waals surface area contributed by atoms with E-state index in [9.17, 15) is 18.4 Å². The van der Waals surface area contributed by atoms with Gasteiger partial charge in [0.15, 0.2) is 0 Å². The summed E-state index contributed by atoms with van der Waals surface area (Å²) in [5, 5.41) is 7.11. The van der Waals surface area contributed by atoms with E-state index in [1.165, 1.54) is 12.1 Å². The average Bonchev–Trinajstić information content (AvgIpc) is 3.43. The number of fused-ring (bicyclic) bond motifs is 4. The minimum atomic E-state index is -0.994. The second-order valence-corrected chi connectivity index (χ2v) is 12.2. The fourth-order valence-electron chi connectivity index (χ4n) is 6.71. The minimum absolute atomic E-state index is 0.0342. The molecule has 3 aliphatic rings. The molecule has 1 saturated heterocycles. The average molecular weight is 554 g/mol. The van der Waals surface area contributed by atoms with Crippen LogP contribution >= 0.6 is 0 Å². The van der Waals surface area contributed by atoms with Gasteiger partial charge >= 0.3 is 0 Å². The highest BCUT2D eigenvalue weighted by Crippen LogP contribution is 2.47. The van der Waals surface area contributed by atoms with Crippen molar-refractivity contribution in [3.8, 4) is 0 Å². The van der Waals surface area contributed by atoms with Crippen molar-refractivity contribution >= 4 is 28.5 Å². The van der Waals surface area contributed by atoms with Crippen LogP contribution in [0.4, 0.5) is 14.6 Å². The first-order chi connectivity index (χ1) is 19.5. The summed E-state index contributed by atoms with van der Waals surface area (Å²) < 4.78 is 28.5. The Kier molecular flexibility index (Phi) is 5.41. The van der Waals surface area contributed by atoms with Crippen LogP contribution in [-0.4, -0.2) is 38.8 Å². The summed E-state index contributed by atoms with van der Waals surface area (Å²) in [5.74, 6) is -0.960. The number of pyridine rings is 2. The molecule has 0 saturated carbocycles. The second kappa shape index (κ2) is 8.63. The van der Waals surface area contributed by atoms with Gasteiger partial charge < -0.3 is 15.5 Å². The molecule has 0 radical (unpaired) electrons. The molecule has 1 spiro atoms. The molecular weight excluding hydrogens is 524 g/mol. The minimum Gasteiger partial charge on any atom is -0.326 e. The van der Waals surface area contributed by atoms with Gasteiger partial charge in [-0.25, -0.2) is 13.8 Å². The van der Waals surface area contributed by atoms with E-state index in [-0.39, 0.29) is 18.4 Å². The van der Waals surface area contributed by atoms with Gasteiger partial charge in [-0.05, 0) is 92.3 Å². The number of carbonyl (C=O) groups excluding carboxylic acids is 2. The van der Waals surface area contributed by atoms with Crippen LogP contribution in [0, 0.1) is 11.6 Å². The van der Waals surface area contributed by atoms with Crippen LogP contribution in [0.5, 0.6) is 0 Å². The number of halogens is 2. The van der Waals surface area contributed by atoms with Gasteiger partial charge in [0.25, 0.3) is 0 Å². The number of nitrogens with zero attached hydrogens (tertiary/aromatic N) is 3. The van der Waals surface area contributed by atoms with Crippen molar-refractivity contribution in [2.24, 2.45) is 0 Å². The maximum atomic E-state index is 14.3. The molecular formula is C32H29F2N5O2. The summed E-state index contributed by atoms with van der Waals surface area (Å²) >= 11 is 0. The molecule has 1 unspecified atom stereocenters. The summed E-state index contributed by atoms with van der Waals surface area (Å²) in [6, 6.07) is 13.4. The lowest BCUT2D eigenvalue weighted by Crippen LogP contribution is -2.68. The Morgan fingerprint density at radius 2 is 1.68 bits per heavy atom. The lowest BCUT2D eigenvalue weighted by atomic mass is 9.79. The molecule has 7 rings (SSSR count). The smallest absolute Gasteiger partial charge is 0.243 e. The number of benzene rings is 2. The Bertz CT molecular complexity index is 1770. The third-order valence-electron chi connectivity index (χ3n) is 9.11. The summed E-state index contributed by atoms with van der Waals surface area (Å²) in [5.41, 5.74) is 2.56. The number of nitrogens with one attached hydrogen (secondary N) is 2. The highest BCUT2D eigenvalue weighted by atomic mass is 19.1. The third-order valence-corrected chi connectivity index (χ3v) is 9.11. The number of hydrogen-bond donors (Lipinski definition) is 2. The van der Waals surface area contributed by atoms with Gasteiger partial charge in [0.1, 0.15) is 17.5 Å². The Hall–Kier alpha value is -4.24. The largest absolute Gasteiger partial charge is 0.326 e. The summed E-state index contributed by atoms with van der Waals surface area (Å²) in [6.45, 7) is 5.96. The Morgan fingerprint density at radius 3 is 2.44 bits per heavy atom. The van der Waals surface area contributed by atoms with E-state index in [0.717, 1.165) is 39.2 Å². The van der Waals surface area contributed by atoms with Crippen molar-refractivity contribution in [2.45, 2.75) is 56.7 Å². The first-order valence-corrected chi connectivity index (χ1v) is 13.7. The molecule has 208 valence electrons. The molecule has 1 fully saturated rings. The van der Waals surface area contributed by atoms with E-state index in [1.807, 2.05) is 31.2 Å². The van der Waals surface area contributed by atoms with Crippen LogP contribution in [-0.2, 0) is 39.9 Å². The molecule has 2 aromatic heterocycles. The van der Waals surface area contributed by atoms with Gasteiger partial charge in [-0.2, -0.15) is 0 Å². The van der Waals surface area contributed by atoms with E-state index < -0.39 is 28.1 Å². The molecule has 2 N–H and O–H groups in total.